The third-order valence-electron chi connectivity index (χ3n) is 7.59. The smallest absolute Gasteiger partial charge is 0.404 e. The van der Waals surface area contributed by atoms with Crippen molar-refractivity contribution in [2.75, 3.05) is 26.2 Å². The van der Waals surface area contributed by atoms with E-state index in [1.807, 2.05) is 0 Å². The zero-order valence-electron chi connectivity index (χ0n) is 24.4. The van der Waals surface area contributed by atoms with Gasteiger partial charge in [-0.2, -0.15) is 0 Å². The number of hydrogen-bond donors (Lipinski definition) is 12. The van der Waals surface area contributed by atoms with Gasteiger partial charge in [-0.3, -0.25) is 14.4 Å². The third-order valence-corrected chi connectivity index (χ3v) is 7.59. The minimum Gasteiger partial charge on any atom is -0.441 e. The van der Waals surface area contributed by atoms with Gasteiger partial charge in [0.05, 0.1) is 18.8 Å². The minimum atomic E-state index is -1.60. The zero-order chi connectivity index (χ0) is 32.4. The predicted octanol–water partition coefficient (Wildman–Crippen LogP) is -6.14. The lowest BCUT2D eigenvalue weighted by Gasteiger charge is -2.44. The van der Waals surface area contributed by atoms with Gasteiger partial charge in [0, 0.05) is 38.0 Å². The zero-order valence-corrected chi connectivity index (χ0v) is 24.4. The summed E-state index contributed by atoms with van der Waals surface area (Å²) in [6.45, 7) is 0.203. The number of carbonyl (C=O) groups is 4. The van der Waals surface area contributed by atoms with E-state index in [1.54, 1.807) is 0 Å². The Hall–Kier alpha value is -3.33. The van der Waals surface area contributed by atoms with Crippen molar-refractivity contribution in [2.24, 2.45) is 27.9 Å². The fourth-order valence-electron chi connectivity index (χ4n) is 5.31. The van der Waals surface area contributed by atoms with Crippen molar-refractivity contribution in [1.82, 2.24) is 26.6 Å². The van der Waals surface area contributed by atoms with E-state index >= 15 is 0 Å². The Balaban J connectivity index is 1.57. The molecule has 0 aromatic carbocycles. The van der Waals surface area contributed by atoms with Crippen LogP contribution in [0, 0.1) is 0 Å². The lowest BCUT2D eigenvalue weighted by Crippen LogP contribution is -2.70. The molecule has 3 aliphatic rings. The van der Waals surface area contributed by atoms with Gasteiger partial charge in [0.2, 0.25) is 17.7 Å². The van der Waals surface area contributed by atoms with E-state index in [1.165, 1.54) is 0 Å². The largest absolute Gasteiger partial charge is 0.441 e. The van der Waals surface area contributed by atoms with E-state index in [-0.39, 0.29) is 37.3 Å². The van der Waals surface area contributed by atoms with E-state index in [2.05, 4.69) is 31.6 Å². The van der Waals surface area contributed by atoms with E-state index < -0.39 is 79.3 Å². The standard InChI is InChI=1S/C25H46N10O9/c26-5-1-3-11(27)7-15(38)30-6-2-4-12(28)8-16(39)32-19-20(40)21(44-24(29)42)14(10-36)43-23(19)35-25-33-17-13(37)9-31-22(41)18(17)34-25/h11-14,17-21,23,36-37,40H,1-10,26-28H2,(H2,29,42)(H,30,38)(H,31,41)(H,32,39)(H2,33,34,35)/t11-,12-,13+,14?,17+,18-,19?,20?,21?,23?/m0/s1. The highest BCUT2D eigenvalue weighted by Crippen LogP contribution is 2.24. The third kappa shape index (κ3) is 9.84. The van der Waals surface area contributed by atoms with E-state index in [0.29, 0.717) is 32.4 Å². The highest BCUT2D eigenvalue weighted by atomic mass is 16.6. The molecule has 4 amide bonds. The van der Waals surface area contributed by atoms with Crippen LogP contribution in [-0.2, 0) is 23.9 Å². The molecule has 5 unspecified atom stereocenters. The molecule has 10 atom stereocenters. The Morgan fingerprint density at radius 3 is 2.43 bits per heavy atom. The molecule has 16 N–H and O–H groups in total. The van der Waals surface area contributed by atoms with Crippen molar-refractivity contribution >= 4 is 29.8 Å². The first-order valence-electron chi connectivity index (χ1n) is 14.7. The van der Waals surface area contributed by atoms with Crippen molar-refractivity contribution in [3.63, 3.8) is 0 Å². The van der Waals surface area contributed by atoms with Crippen LogP contribution in [0.5, 0.6) is 0 Å². The van der Waals surface area contributed by atoms with Gasteiger partial charge in [-0.05, 0) is 32.2 Å². The number of primary amides is 1. The molecule has 3 aliphatic heterocycles. The number of fused-ring (bicyclic) bond motifs is 1. The van der Waals surface area contributed by atoms with Gasteiger partial charge < -0.3 is 74.3 Å². The number of piperidine rings is 1. The van der Waals surface area contributed by atoms with Crippen LogP contribution in [0.2, 0.25) is 0 Å². The first kappa shape index (κ1) is 35.2. The van der Waals surface area contributed by atoms with Crippen LogP contribution in [0.1, 0.15) is 38.5 Å². The first-order chi connectivity index (χ1) is 20.9. The van der Waals surface area contributed by atoms with E-state index in [4.69, 9.17) is 32.4 Å². The van der Waals surface area contributed by atoms with Crippen molar-refractivity contribution in [3.8, 4) is 0 Å². The quantitative estimate of drug-likeness (QED) is 0.0749. The number of nitrogens with zero attached hydrogens (tertiary/aromatic N) is 1. The molecule has 19 nitrogen and oxygen atoms in total. The number of ether oxygens (including phenoxy) is 2. The fourth-order valence-corrected chi connectivity index (χ4v) is 5.31. The van der Waals surface area contributed by atoms with E-state index in [0.717, 1.165) is 6.42 Å². The van der Waals surface area contributed by atoms with Gasteiger partial charge in [0.1, 0.15) is 18.2 Å². The van der Waals surface area contributed by atoms with Crippen LogP contribution in [-0.4, -0.2) is 132 Å². The lowest BCUT2D eigenvalue weighted by molar-refractivity contribution is -0.198. The highest BCUT2D eigenvalue weighted by Gasteiger charge is 2.49. The Morgan fingerprint density at radius 2 is 1.80 bits per heavy atom. The molecular formula is C25H46N10O9. The number of hydrogen-bond acceptors (Lipinski definition) is 15. The normalized spacial score (nSPS) is 31.0. The van der Waals surface area contributed by atoms with E-state index in [9.17, 15) is 34.5 Å². The molecule has 2 fully saturated rings. The molecule has 0 aromatic rings. The number of aliphatic imine (C=N–C) groups is 1. The topological polar surface area (TPSA) is 324 Å². The SMILES string of the molecule is NCCC[C@H](N)CC(=O)NCCC[C@H](N)CC(=O)NC1C(NC2=N[C@@H]3C(=O)NC[C@@H](O)[C@H]3N2)OC(CO)C(OC(N)=O)C1O. The fraction of sp³-hybridized carbons (Fsp3) is 0.800. The second-order valence-corrected chi connectivity index (χ2v) is 11.2. The van der Waals surface area contributed by atoms with Crippen LogP contribution in [0.4, 0.5) is 4.79 Å². The van der Waals surface area contributed by atoms with Gasteiger partial charge in [0.15, 0.2) is 24.3 Å². The summed E-state index contributed by atoms with van der Waals surface area (Å²) in [5.41, 5.74) is 22.6. The maximum atomic E-state index is 13.0. The van der Waals surface area contributed by atoms with Crippen molar-refractivity contribution in [3.05, 3.63) is 0 Å². The Kier molecular flexibility index (Phi) is 13.3. The van der Waals surface area contributed by atoms with Crippen LogP contribution >= 0.6 is 0 Å². The second kappa shape index (κ2) is 16.7. The summed E-state index contributed by atoms with van der Waals surface area (Å²) in [4.78, 5) is 52.9. The first-order valence-corrected chi connectivity index (χ1v) is 14.7. The number of amides is 4. The average Bonchev–Trinajstić information content (AvgIpc) is 3.40. The molecule has 0 radical (unpaired) electrons. The second-order valence-electron chi connectivity index (χ2n) is 11.2. The van der Waals surface area contributed by atoms with Crippen LogP contribution in [0.25, 0.3) is 0 Å². The molecule has 0 aliphatic carbocycles. The van der Waals surface area contributed by atoms with Gasteiger partial charge in [-0.1, -0.05) is 0 Å². The number of nitrogens with one attached hydrogen (secondary N) is 5. The molecule has 2 saturated heterocycles. The molecule has 0 saturated carbocycles. The van der Waals surface area contributed by atoms with Crippen LogP contribution < -0.4 is 49.5 Å². The summed E-state index contributed by atoms with van der Waals surface area (Å²) in [6.07, 6.45) is -5.37. The van der Waals surface area contributed by atoms with Crippen LogP contribution in [0.15, 0.2) is 4.99 Å². The van der Waals surface area contributed by atoms with Gasteiger partial charge in [-0.15, -0.1) is 0 Å². The lowest BCUT2D eigenvalue weighted by atomic mass is 9.95. The predicted molar refractivity (Wildman–Crippen MR) is 154 cm³/mol. The Bertz CT molecular complexity index is 1040. The number of nitrogens with two attached hydrogens (primary N) is 4. The average molecular weight is 631 g/mol. The summed E-state index contributed by atoms with van der Waals surface area (Å²) in [6, 6.07) is -3.79. The number of β-amino-alcohol motifs (C(OH)–C–C–N with tert-alkyl or cyclic N) is 1. The minimum absolute atomic E-state index is 0.0296. The summed E-state index contributed by atoms with van der Waals surface area (Å²) in [5.74, 6) is -1.12. The van der Waals surface area contributed by atoms with Crippen molar-refractivity contribution in [2.45, 2.75) is 99.4 Å². The number of aliphatic hydroxyl groups is 3. The van der Waals surface area contributed by atoms with Gasteiger partial charge in [-0.25, -0.2) is 9.79 Å². The van der Waals surface area contributed by atoms with Crippen LogP contribution in [0.3, 0.4) is 0 Å². The highest BCUT2D eigenvalue weighted by molar-refractivity contribution is 5.92. The summed E-state index contributed by atoms with van der Waals surface area (Å²) in [7, 11) is 0. The molecule has 0 spiro atoms. The molecule has 44 heavy (non-hydrogen) atoms. The summed E-state index contributed by atoms with van der Waals surface area (Å²) in [5, 5.41) is 44.9. The maximum Gasteiger partial charge on any atom is 0.404 e. The Morgan fingerprint density at radius 1 is 1.11 bits per heavy atom. The molecule has 250 valence electrons. The van der Waals surface area contributed by atoms with Crippen molar-refractivity contribution in [1.29, 1.82) is 0 Å². The monoisotopic (exact) mass is 630 g/mol. The molecule has 0 bridgehead atoms. The molecule has 19 heteroatoms. The number of guanidine groups is 1. The molecule has 3 rings (SSSR count). The maximum absolute atomic E-state index is 13.0. The summed E-state index contributed by atoms with van der Waals surface area (Å²) < 4.78 is 10.8. The van der Waals surface area contributed by atoms with Gasteiger partial charge >= 0.3 is 6.09 Å². The summed E-state index contributed by atoms with van der Waals surface area (Å²) >= 11 is 0. The van der Waals surface area contributed by atoms with Gasteiger partial charge in [0.25, 0.3) is 0 Å². The number of carbonyl (C=O) groups excluding carboxylic acids is 4. The Labute approximate surface area is 254 Å². The van der Waals surface area contributed by atoms with Crippen molar-refractivity contribution < 1.29 is 44.0 Å². The molecule has 0 aromatic heterocycles. The number of rotatable bonds is 15. The number of aliphatic hydroxyl groups excluding tert-OH is 3. The molecular weight excluding hydrogens is 584 g/mol. The molecule has 3 heterocycles.